The van der Waals surface area contributed by atoms with Gasteiger partial charge in [-0.15, -0.1) is 24.8 Å². The zero-order valence-corrected chi connectivity index (χ0v) is 15.7. The van der Waals surface area contributed by atoms with Crippen molar-refractivity contribution >= 4 is 30.7 Å². The van der Waals surface area contributed by atoms with Crippen molar-refractivity contribution in [2.45, 2.75) is 44.2 Å². The van der Waals surface area contributed by atoms with Crippen LogP contribution in [-0.2, 0) is 4.79 Å². The molecule has 1 amide bonds. The number of nitrogens with zero attached hydrogens (tertiary/aromatic N) is 1. The third-order valence-corrected chi connectivity index (χ3v) is 4.86. The van der Waals surface area contributed by atoms with E-state index < -0.39 is 0 Å². The summed E-state index contributed by atoms with van der Waals surface area (Å²) in [5.74, 6) is 0.167. The zero-order valence-electron chi connectivity index (χ0n) is 14.1. The number of likely N-dealkylation sites (tertiary alicyclic amines) is 1. The van der Waals surface area contributed by atoms with Gasteiger partial charge in [0.1, 0.15) is 0 Å². The van der Waals surface area contributed by atoms with Crippen LogP contribution in [0.25, 0.3) is 0 Å². The molecule has 24 heavy (non-hydrogen) atoms. The number of halogens is 2. The molecule has 0 bridgehead atoms. The Kier molecular flexibility index (Phi) is 9.67. The van der Waals surface area contributed by atoms with Gasteiger partial charge in [0.15, 0.2) is 0 Å². The van der Waals surface area contributed by atoms with E-state index >= 15 is 0 Å². The van der Waals surface area contributed by atoms with E-state index in [-0.39, 0.29) is 36.8 Å². The summed E-state index contributed by atoms with van der Waals surface area (Å²) in [6, 6.07) is 10.9. The van der Waals surface area contributed by atoms with Gasteiger partial charge in [0.05, 0.1) is 12.1 Å². The molecule has 2 atom stereocenters. The molecule has 136 valence electrons. The third-order valence-electron chi connectivity index (χ3n) is 4.86. The number of carbonyl (C=O) groups excluding carboxylic acids is 1. The minimum atomic E-state index is 0. The minimum absolute atomic E-state index is 0. The van der Waals surface area contributed by atoms with Crippen LogP contribution in [0.15, 0.2) is 30.3 Å². The first-order chi connectivity index (χ1) is 10.8. The fraction of sp³-hybridized carbons (Fsp3) is 0.611. The highest BCUT2D eigenvalue weighted by Crippen LogP contribution is 2.24. The molecular formula is C18H29Cl2N3O. The highest BCUT2D eigenvalue weighted by molar-refractivity contribution is 5.85. The van der Waals surface area contributed by atoms with E-state index in [4.69, 9.17) is 0 Å². The van der Waals surface area contributed by atoms with Gasteiger partial charge >= 0.3 is 0 Å². The minimum Gasteiger partial charge on any atom is -0.353 e. The number of carbonyl (C=O) groups is 1. The second-order valence-corrected chi connectivity index (χ2v) is 6.42. The Hall–Kier alpha value is -0.810. The molecule has 2 unspecified atom stereocenters. The third kappa shape index (κ3) is 5.62. The van der Waals surface area contributed by atoms with Gasteiger partial charge in [-0.2, -0.15) is 0 Å². The van der Waals surface area contributed by atoms with E-state index in [1.54, 1.807) is 0 Å². The van der Waals surface area contributed by atoms with Crippen LogP contribution in [0.3, 0.4) is 0 Å². The molecule has 0 aromatic heterocycles. The first-order valence-corrected chi connectivity index (χ1v) is 8.65. The number of rotatable bonds is 5. The summed E-state index contributed by atoms with van der Waals surface area (Å²) in [7, 11) is 0. The van der Waals surface area contributed by atoms with E-state index in [2.05, 4.69) is 45.9 Å². The molecule has 2 aliphatic rings. The first-order valence-electron chi connectivity index (χ1n) is 8.65. The molecule has 1 aromatic carbocycles. The number of hydrogen-bond donors (Lipinski definition) is 2. The van der Waals surface area contributed by atoms with Crippen molar-refractivity contribution in [1.29, 1.82) is 0 Å². The lowest BCUT2D eigenvalue weighted by Gasteiger charge is -2.29. The van der Waals surface area contributed by atoms with Gasteiger partial charge in [-0.25, -0.2) is 0 Å². The molecule has 6 heteroatoms. The Morgan fingerprint density at radius 1 is 1.12 bits per heavy atom. The molecule has 0 spiro atoms. The molecule has 2 aliphatic heterocycles. The summed E-state index contributed by atoms with van der Waals surface area (Å²) in [5, 5.41) is 6.51. The molecular weight excluding hydrogens is 345 g/mol. The SMILES string of the molecule is Cl.Cl.O=C(NCC(c1ccccc1)N1CCCC1)C1CCCCN1. The fourth-order valence-corrected chi connectivity index (χ4v) is 3.58. The molecule has 3 rings (SSSR count). The van der Waals surface area contributed by atoms with Crippen molar-refractivity contribution in [2.24, 2.45) is 0 Å². The van der Waals surface area contributed by atoms with Crippen LogP contribution < -0.4 is 10.6 Å². The van der Waals surface area contributed by atoms with Crippen molar-refractivity contribution < 1.29 is 4.79 Å². The van der Waals surface area contributed by atoms with Crippen LogP contribution in [0.2, 0.25) is 0 Å². The average Bonchev–Trinajstić information content (AvgIpc) is 3.11. The predicted molar refractivity (Wildman–Crippen MR) is 103 cm³/mol. The first kappa shape index (κ1) is 21.2. The number of nitrogens with one attached hydrogen (secondary N) is 2. The summed E-state index contributed by atoms with van der Waals surface area (Å²) in [6.45, 7) is 3.95. The Balaban J connectivity index is 0.00000144. The van der Waals surface area contributed by atoms with Crippen LogP contribution >= 0.6 is 24.8 Å². The van der Waals surface area contributed by atoms with Crippen molar-refractivity contribution in [1.82, 2.24) is 15.5 Å². The van der Waals surface area contributed by atoms with Gasteiger partial charge in [-0.05, 0) is 50.9 Å². The molecule has 2 heterocycles. The molecule has 1 aromatic rings. The van der Waals surface area contributed by atoms with Gasteiger partial charge in [-0.3, -0.25) is 9.69 Å². The molecule has 0 radical (unpaired) electrons. The highest BCUT2D eigenvalue weighted by atomic mass is 35.5. The smallest absolute Gasteiger partial charge is 0.237 e. The Labute approximate surface area is 157 Å². The van der Waals surface area contributed by atoms with Crippen LogP contribution in [0.1, 0.15) is 43.7 Å². The van der Waals surface area contributed by atoms with Crippen molar-refractivity contribution in [3.05, 3.63) is 35.9 Å². The molecule has 2 fully saturated rings. The number of amides is 1. The maximum absolute atomic E-state index is 12.4. The highest BCUT2D eigenvalue weighted by Gasteiger charge is 2.26. The predicted octanol–water partition coefficient (Wildman–Crippen LogP) is 2.93. The lowest BCUT2D eigenvalue weighted by Crippen LogP contribution is -2.48. The van der Waals surface area contributed by atoms with Gasteiger partial charge in [0.25, 0.3) is 0 Å². The van der Waals surface area contributed by atoms with Gasteiger partial charge in [-0.1, -0.05) is 36.8 Å². The van der Waals surface area contributed by atoms with E-state index in [0.717, 1.165) is 32.5 Å². The van der Waals surface area contributed by atoms with Gasteiger partial charge in [0.2, 0.25) is 5.91 Å². The van der Waals surface area contributed by atoms with Crippen LogP contribution in [-0.4, -0.2) is 43.0 Å². The average molecular weight is 374 g/mol. The summed E-state index contributed by atoms with van der Waals surface area (Å²) in [6.07, 6.45) is 5.83. The normalized spacial score (nSPS) is 22.1. The maximum atomic E-state index is 12.4. The lowest BCUT2D eigenvalue weighted by molar-refractivity contribution is -0.123. The Morgan fingerprint density at radius 3 is 2.46 bits per heavy atom. The molecule has 0 saturated carbocycles. The van der Waals surface area contributed by atoms with Crippen molar-refractivity contribution in [3.8, 4) is 0 Å². The van der Waals surface area contributed by atoms with Crippen LogP contribution in [0.5, 0.6) is 0 Å². The monoisotopic (exact) mass is 373 g/mol. The van der Waals surface area contributed by atoms with Gasteiger partial charge in [0, 0.05) is 6.54 Å². The van der Waals surface area contributed by atoms with Gasteiger partial charge < -0.3 is 10.6 Å². The molecule has 2 N–H and O–H groups in total. The topological polar surface area (TPSA) is 44.4 Å². The largest absolute Gasteiger partial charge is 0.353 e. The van der Waals surface area contributed by atoms with E-state index in [0.29, 0.717) is 12.6 Å². The van der Waals surface area contributed by atoms with Crippen molar-refractivity contribution in [3.63, 3.8) is 0 Å². The van der Waals surface area contributed by atoms with Crippen LogP contribution in [0, 0.1) is 0 Å². The Bertz CT molecular complexity index is 474. The quantitative estimate of drug-likeness (QED) is 0.833. The molecule has 2 saturated heterocycles. The summed E-state index contributed by atoms with van der Waals surface area (Å²) in [5.41, 5.74) is 1.31. The lowest BCUT2D eigenvalue weighted by atomic mass is 10.0. The van der Waals surface area contributed by atoms with Crippen molar-refractivity contribution in [2.75, 3.05) is 26.2 Å². The fourth-order valence-electron chi connectivity index (χ4n) is 3.58. The number of benzene rings is 1. The zero-order chi connectivity index (χ0) is 15.2. The summed E-state index contributed by atoms with van der Waals surface area (Å²) in [4.78, 5) is 14.9. The van der Waals surface area contributed by atoms with E-state index in [1.165, 1.54) is 24.8 Å². The summed E-state index contributed by atoms with van der Waals surface area (Å²) >= 11 is 0. The summed E-state index contributed by atoms with van der Waals surface area (Å²) < 4.78 is 0. The van der Waals surface area contributed by atoms with Crippen LogP contribution in [0.4, 0.5) is 0 Å². The van der Waals surface area contributed by atoms with E-state index in [1.807, 2.05) is 0 Å². The molecule has 0 aliphatic carbocycles. The number of piperidine rings is 1. The number of hydrogen-bond acceptors (Lipinski definition) is 3. The van der Waals surface area contributed by atoms with E-state index in [9.17, 15) is 4.79 Å². The maximum Gasteiger partial charge on any atom is 0.237 e. The molecule has 4 nitrogen and oxygen atoms in total. The second kappa shape index (κ2) is 10.9. The second-order valence-electron chi connectivity index (χ2n) is 6.42. The Morgan fingerprint density at radius 2 is 1.83 bits per heavy atom. The standard InChI is InChI=1S/C18H27N3O.2ClH/c22-18(16-10-4-5-11-19-16)20-14-17(21-12-6-7-13-21)15-8-2-1-3-9-15;;/h1-3,8-9,16-17,19H,4-7,10-14H2,(H,20,22);2*1H.